The van der Waals surface area contributed by atoms with Crippen LogP contribution >= 0.6 is 0 Å². The Morgan fingerprint density at radius 2 is 1.36 bits per heavy atom. The molecule has 0 aromatic heterocycles. The SMILES string of the molecule is O=C([O-])c1ccc(OCCCCCCCCCCCO)cc1. The van der Waals surface area contributed by atoms with E-state index in [1.54, 1.807) is 12.1 Å². The van der Waals surface area contributed by atoms with Gasteiger partial charge in [-0.15, -0.1) is 0 Å². The first-order chi connectivity index (χ1) is 10.7. The largest absolute Gasteiger partial charge is 0.545 e. The summed E-state index contributed by atoms with van der Waals surface area (Å²) < 4.78 is 5.58. The van der Waals surface area contributed by atoms with Gasteiger partial charge in [0.25, 0.3) is 0 Å². The number of aromatic carboxylic acids is 1. The number of carboxylic acids is 1. The molecule has 4 nitrogen and oxygen atoms in total. The summed E-state index contributed by atoms with van der Waals surface area (Å²) in [5.74, 6) is -0.461. The van der Waals surface area contributed by atoms with Gasteiger partial charge < -0.3 is 19.7 Å². The minimum atomic E-state index is -1.16. The predicted molar refractivity (Wildman–Crippen MR) is 84.9 cm³/mol. The van der Waals surface area contributed by atoms with Gasteiger partial charge in [0, 0.05) is 6.61 Å². The van der Waals surface area contributed by atoms with Crippen LogP contribution in [0.3, 0.4) is 0 Å². The molecular weight excluding hydrogens is 280 g/mol. The topological polar surface area (TPSA) is 69.6 Å². The molecule has 4 heteroatoms. The number of benzene rings is 1. The van der Waals surface area contributed by atoms with Crippen LogP contribution in [0.25, 0.3) is 0 Å². The van der Waals surface area contributed by atoms with Crippen LogP contribution < -0.4 is 9.84 Å². The summed E-state index contributed by atoms with van der Waals surface area (Å²) in [7, 11) is 0. The Kier molecular flexibility index (Phi) is 10.1. The second-order valence-corrected chi connectivity index (χ2v) is 5.57. The normalized spacial score (nSPS) is 10.6. The quantitative estimate of drug-likeness (QED) is 0.569. The van der Waals surface area contributed by atoms with Crippen molar-refractivity contribution in [3.8, 4) is 5.75 Å². The fraction of sp³-hybridized carbons (Fsp3) is 0.611. The Morgan fingerprint density at radius 1 is 0.864 bits per heavy atom. The standard InChI is InChI=1S/C18H28O4/c19-14-8-6-4-2-1-3-5-7-9-15-22-17-12-10-16(11-13-17)18(20)21/h10-13,19H,1-9,14-15H2,(H,20,21)/p-1. The predicted octanol–water partition coefficient (Wildman–Crippen LogP) is 2.93. The fourth-order valence-electron chi connectivity index (χ4n) is 2.33. The first-order valence-corrected chi connectivity index (χ1v) is 8.29. The maximum atomic E-state index is 10.6. The van der Waals surface area contributed by atoms with Crippen LogP contribution in [0, 0.1) is 0 Å². The highest BCUT2D eigenvalue weighted by Gasteiger charge is 1.97. The molecule has 0 aliphatic carbocycles. The number of aliphatic hydroxyl groups excluding tert-OH is 1. The number of carbonyl (C=O) groups excluding carboxylic acids is 1. The molecule has 1 rings (SSSR count). The average Bonchev–Trinajstić information content (AvgIpc) is 2.53. The number of aliphatic hydroxyl groups is 1. The number of ether oxygens (including phenoxy) is 1. The zero-order valence-electron chi connectivity index (χ0n) is 13.3. The van der Waals surface area contributed by atoms with Crippen molar-refractivity contribution < 1.29 is 19.7 Å². The zero-order valence-corrected chi connectivity index (χ0v) is 13.3. The van der Waals surface area contributed by atoms with E-state index in [1.165, 1.54) is 44.2 Å². The van der Waals surface area contributed by atoms with E-state index in [0.717, 1.165) is 25.7 Å². The van der Waals surface area contributed by atoms with E-state index in [4.69, 9.17) is 9.84 Å². The molecule has 22 heavy (non-hydrogen) atoms. The fourth-order valence-corrected chi connectivity index (χ4v) is 2.33. The molecule has 0 bridgehead atoms. The monoisotopic (exact) mass is 307 g/mol. The molecule has 0 amide bonds. The summed E-state index contributed by atoms with van der Waals surface area (Å²) in [5, 5.41) is 19.3. The highest BCUT2D eigenvalue weighted by atomic mass is 16.5. The number of carboxylic acid groups (broad SMARTS) is 1. The van der Waals surface area contributed by atoms with Gasteiger partial charge in [-0.05, 0) is 42.7 Å². The lowest BCUT2D eigenvalue weighted by Gasteiger charge is -2.07. The molecule has 0 aliphatic heterocycles. The number of hydrogen-bond donors (Lipinski definition) is 1. The number of hydrogen-bond acceptors (Lipinski definition) is 4. The van der Waals surface area contributed by atoms with Gasteiger partial charge in [-0.1, -0.05) is 44.9 Å². The Labute approximate surface area is 133 Å². The van der Waals surface area contributed by atoms with Crippen molar-refractivity contribution in [2.45, 2.75) is 57.8 Å². The number of unbranched alkanes of at least 4 members (excludes halogenated alkanes) is 8. The minimum absolute atomic E-state index is 0.173. The summed E-state index contributed by atoms with van der Waals surface area (Å²) in [6, 6.07) is 6.33. The van der Waals surface area contributed by atoms with Gasteiger partial charge in [-0.25, -0.2) is 0 Å². The molecule has 0 aliphatic rings. The molecule has 1 aromatic carbocycles. The van der Waals surface area contributed by atoms with Crippen molar-refractivity contribution in [2.75, 3.05) is 13.2 Å². The third kappa shape index (κ3) is 8.67. The van der Waals surface area contributed by atoms with Gasteiger partial charge in [0.15, 0.2) is 0 Å². The van der Waals surface area contributed by atoms with Crippen LogP contribution in [0.1, 0.15) is 68.1 Å². The molecule has 0 radical (unpaired) electrons. The van der Waals surface area contributed by atoms with E-state index in [2.05, 4.69) is 0 Å². The number of carbonyl (C=O) groups is 1. The van der Waals surface area contributed by atoms with E-state index in [1.807, 2.05) is 0 Å². The van der Waals surface area contributed by atoms with Crippen molar-refractivity contribution in [2.24, 2.45) is 0 Å². The molecule has 1 aromatic rings. The molecule has 0 fully saturated rings. The summed E-state index contributed by atoms with van der Waals surface area (Å²) >= 11 is 0. The van der Waals surface area contributed by atoms with Crippen LogP contribution in [0.4, 0.5) is 0 Å². The lowest BCUT2D eigenvalue weighted by molar-refractivity contribution is -0.255. The van der Waals surface area contributed by atoms with Crippen molar-refractivity contribution in [1.29, 1.82) is 0 Å². The summed E-state index contributed by atoms with van der Waals surface area (Å²) in [6.07, 6.45) is 10.5. The summed E-state index contributed by atoms with van der Waals surface area (Å²) in [6.45, 7) is 0.983. The van der Waals surface area contributed by atoms with Gasteiger partial charge in [0.2, 0.25) is 0 Å². The van der Waals surface area contributed by atoms with E-state index in [9.17, 15) is 9.90 Å². The molecule has 0 unspecified atom stereocenters. The van der Waals surface area contributed by atoms with Gasteiger partial charge in [0.1, 0.15) is 5.75 Å². The lowest BCUT2D eigenvalue weighted by Crippen LogP contribution is -2.21. The molecule has 124 valence electrons. The average molecular weight is 307 g/mol. The first-order valence-electron chi connectivity index (χ1n) is 8.29. The maximum absolute atomic E-state index is 10.6. The lowest BCUT2D eigenvalue weighted by atomic mass is 10.1. The Balaban J connectivity index is 1.94. The van der Waals surface area contributed by atoms with Gasteiger partial charge in [0.05, 0.1) is 12.6 Å². The Morgan fingerprint density at radius 3 is 1.86 bits per heavy atom. The van der Waals surface area contributed by atoms with Crippen LogP contribution in [-0.2, 0) is 0 Å². The third-order valence-corrected chi connectivity index (χ3v) is 3.66. The number of rotatable bonds is 13. The molecule has 0 saturated carbocycles. The third-order valence-electron chi connectivity index (χ3n) is 3.66. The zero-order chi connectivity index (χ0) is 16.0. The minimum Gasteiger partial charge on any atom is -0.545 e. The van der Waals surface area contributed by atoms with E-state index < -0.39 is 5.97 Å². The second kappa shape index (κ2) is 12.0. The highest BCUT2D eigenvalue weighted by molar-refractivity contribution is 5.85. The summed E-state index contributed by atoms with van der Waals surface area (Å²) in [4.78, 5) is 10.6. The molecule has 0 heterocycles. The van der Waals surface area contributed by atoms with Gasteiger partial charge in [-0.2, -0.15) is 0 Å². The van der Waals surface area contributed by atoms with Crippen molar-refractivity contribution >= 4 is 5.97 Å². The van der Waals surface area contributed by atoms with Gasteiger partial charge in [-0.3, -0.25) is 0 Å². The van der Waals surface area contributed by atoms with Crippen LogP contribution in [0.15, 0.2) is 24.3 Å². The molecule has 0 spiro atoms. The summed E-state index contributed by atoms with van der Waals surface area (Å²) in [5.41, 5.74) is 0.173. The van der Waals surface area contributed by atoms with E-state index in [-0.39, 0.29) is 5.56 Å². The molecule has 0 saturated heterocycles. The Bertz CT molecular complexity index is 400. The second-order valence-electron chi connectivity index (χ2n) is 5.57. The van der Waals surface area contributed by atoms with Gasteiger partial charge >= 0.3 is 0 Å². The van der Waals surface area contributed by atoms with Crippen LogP contribution in [0.5, 0.6) is 5.75 Å². The van der Waals surface area contributed by atoms with Crippen molar-refractivity contribution in [1.82, 2.24) is 0 Å². The van der Waals surface area contributed by atoms with E-state index in [0.29, 0.717) is 19.0 Å². The smallest absolute Gasteiger partial charge is 0.119 e. The molecular formula is C18H27O4-. The van der Waals surface area contributed by atoms with Crippen LogP contribution in [0.2, 0.25) is 0 Å². The first kappa shape index (κ1) is 18.5. The Hall–Kier alpha value is -1.55. The van der Waals surface area contributed by atoms with Crippen LogP contribution in [-0.4, -0.2) is 24.3 Å². The maximum Gasteiger partial charge on any atom is 0.119 e. The molecule has 1 N–H and O–H groups in total. The van der Waals surface area contributed by atoms with E-state index >= 15 is 0 Å². The molecule has 0 atom stereocenters. The highest BCUT2D eigenvalue weighted by Crippen LogP contribution is 2.13. The van der Waals surface area contributed by atoms with Crippen molar-refractivity contribution in [3.63, 3.8) is 0 Å². The van der Waals surface area contributed by atoms with Crippen molar-refractivity contribution in [3.05, 3.63) is 29.8 Å².